The Morgan fingerprint density at radius 2 is 1.83 bits per heavy atom. The van der Waals surface area contributed by atoms with Gasteiger partial charge in [0.15, 0.2) is 0 Å². The van der Waals surface area contributed by atoms with Crippen LogP contribution in [0.1, 0.15) is 11.1 Å². The second kappa shape index (κ2) is 6.17. The van der Waals surface area contributed by atoms with E-state index in [0.717, 1.165) is 25.1 Å². The largest absolute Gasteiger partial charge is 0.329 e. The van der Waals surface area contributed by atoms with Crippen LogP contribution >= 0.6 is 0 Å². The van der Waals surface area contributed by atoms with Crippen LogP contribution in [0.4, 0.5) is 0 Å². The second-order valence-corrected chi connectivity index (χ2v) is 4.53. The summed E-state index contributed by atoms with van der Waals surface area (Å²) in [6.45, 7) is 1.85. The minimum atomic E-state index is -0.0503. The lowest BCUT2D eigenvalue weighted by Crippen LogP contribution is -2.21. The maximum Gasteiger partial charge on any atom is 0.247 e. The lowest BCUT2D eigenvalue weighted by molar-refractivity contribution is 0.331. The Morgan fingerprint density at radius 3 is 2.50 bits per heavy atom. The number of aromatic amines is 1. The minimum Gasteiger partial charge on any atom is -0.329 e. The molecule has 0 unspecified atom stereocenters. The van der Waals surface area contributed by atoms with E-state index in [1.165, 1.54) is 5.56 Å². The molecule has 0 amide bonds. The van der Waals surface area contributed by atoms with Crippen molar-refractivity contribution in [2.75, 3.05) is 13.6 Å². The fraction of sp³-hybridized carbons (Fsp3) is 0.267. The van der Waals surface area contributed by atoms with Crippen molar-refractivity contribution in [2.24, 2.45) is 0 Å². The molecule has 0 aliphatic heterocycles. The summed E-state index contributed by atoms with van der Waals surface area (Å²) in [5, 5.41) is 0. The smallest absolute Gasteiger partial charge is 0.247 e. The summed E-state index contributed by atoms with van der Waals surface area (Å²) in [6.07, 6.45) is 2.82. The van der Waals surface area contributed by atoms with Crippen LogP contribution in [0.3, 0.4) is 0 Å². The summed E-state index contributed by atoms with van der Waals surface area (Å²) in [7, 11) is 2.09. The van der Waals surface area contributed by atoms with Crippen molar-refractivity contribution in [3.05, 3.63) is 70.1 Å². The van der Waals surface area contributed by atoms with Crippen molar-refractivity contribution in [1.82, 2.24) is 9.88 Å². The van der Waals surface area contributed by atoms with Crippen LogP contribution in [0.15, 0.2) is 53.5 Å². The first-order valence-electron chi connectivity index (χ1n) is 6.14. The van der Waals surface area contributed by atoms with Crippen LogP contribution in [-0.2, 0) is 13.0 Å². The predicted molar refractivity (Wildman–Crippen MR) is 73.5 cm³/mol. The fourth-order valence-electron chi connectivity index (χ4n) is 1.90. The number of aromatic nitrogens is 1. The molecule has 0 saturated heterocycles. The molecular weight excluding hydrogens is 224 g/mol. The van der Waals surface area contributed by atoms with Gasteiger partial charge in [-0.05, 0) is 24.6 Å². The van der Waals surface area contributed by atoms with Gasteiger partial charge in [-0.15, -0.1) is 0 Å². The maximum atomic E-state index is 10.9. The third kappa shape index (κ3) is 3.86. The van der Waals surface area contributed by atoms with Gasteiger partial charge in [-0.3, -0.25) is 4.79 Å². The molecule has 94 valence electrons. The van der Waals surface area contributed by atoms with E-state index in [9.17, 15) is 4.79 Å². The predicted octanol–water partition coefficient (Wildman–Crippen LogP) is 2.05. The van der Waals surface area contributed by atoms with Crippen molar-refractivity contribution in [3.63, 3.8) is 0 Å². The molecule has 2 rings (SSSR count). The van der Waals surface area contributed by atoms with Crippen molar-refractivity contribution >= 4 is 0 Å². The number of H-pyrrole nitrogens is 1. The first-order chi connectivity index (χ1) is 8.74. The number of nitrogens with zero attached hydrogens (tertiary/aromatic N) is 1. The quantitative estimate of drug-likeness (QED) is 0.871. The van der Waals surface area contributed by atoms with Gasteiger partial charge in [0.2, 0.25) is 5.56 Å². The average Bonchev–Trinajstić information content (AvgIpc) is 2.40. The molecule has 0 fully saturated rings. The van der Waals surface area contributed by atoms with Gasteiger partial charge in [-0.25, -0.2) is 0 Å². The highest BCUT2D eigenvalue weighted by Gasteiger charge is 2.01. The summed E-state index contributed by atoms with van der Waals surface area (Å²) >= 11 is 0. The molecule has 3 heteroatoms. The van der Waals surface area contributed by atoms with Gasteiger partial charge in [0.05, 0.1) is 0 Å². The molecule has 1 aromatic carbocycles. The lowest BCUT2D eigenvalue weighted by Gasteiger charge is -2.16. The number of benzene rings is 1. The highest BCUT2D eigenvalue weighted by molar-refractivity contribution is 5.15. The molecular formula is C15H18N2O. The molecule has 0 radical (unpaired) electrons. The van der Waals surface area contributed by atoms with E-state index in [0.29, 0.717) is 0 Å². The Kier molecular flexibility index (Phi) is 4.31. The van der Waals surface area contributed by atoms with E-state index in [1.54, 1.807) is 12.3 Å². The van der Waals surface area contributed by atoms with E-state index in [1.807, 2.05) is 12.1 Å². The Bertz CT molecular complexity index is 513. The number of hydrogen-bond acceptors (Lipinski definition) is 2. The number of likely N-dealkylation sites (N-methyl/N-ethyl adjacent to an activating group) is 1. The van der Waals surface area contributed by atoms with Gasteiger partial charge < -0.3 is 9.88 Å². The molecule has 0 bridgehead atoms. The molecule has 18 heavy (non-hydrogen) atoms. The zero-order valence-electron chi connectivity index (χ0n) is 10.6. The van der Waals surface area contributed by atoms with E-state index < -0.39 is 0 Å². The van der Waals surface area contributed by atoms with Crippen LogP contribution in [0.25, 0.3) is 0 Å². The number of pyridine rings is 1. The molecule has 0 aliphatic rings. The number of hydrogen-bond donors (Lipinski definition) is 1. The SMILES string of the molecule is CN(CCc1ccccc1)Cc1ccc(=O)[nH]c1. The standard InChI is InChI=1S/C15H18N2O/c1-17(10-9-13-5-3-2-4-6-13)12-14-7-8-15(18)16-11-14/h2-8,11H,9-10,12H2,1H3,(H,16,18). The second-order valence-electron chi connectivity index (χ2n) is 4.53. The molecule has 0 aliphatic carbocycles. The Hall–Kier alpha value is -1.87. The van der Waals surface area contributed by atoms with Crippen molar-refractivity contribution in [1.29, 1.82) is 0 Å². The Labute approximate surface area is 107 Å². The van der Waals surface area contributed by atoms with Gasteiger partial charge in [0, 0.05) is 25.4 Å². The van der Waals surface area contributed by atoms with Gasteiger partial charge >= 0.3 is 0 Å². The van der Waals surface area contributed by atoms with Crippen LogP contribution < -0.4 is 5.56 Å². The molecule has 0 saturated carbocycles. The first kappa shape index (κ1) is 12.6. The normalized spacial score (nSPS) is 10.8. The monoisotopic (exact) mass is 242 g/mol. The van der Waals surface area contributed by atoms with Crippen LogP contribution in [0.5, 0.6) is 0 Å². The minimum absolute atomic E-state index is 0.0503. The highest BCUT2D eigenvalue weighted by Crippen LogP contribution is 2.03. The third-order valence-electron chi connectivity index (χ3n) is 2.93. The Balaban J connectivity index is 1.83. The number of rotatable bonds is 5. The van der Waals surface area contributed by atoms with Gasteiger partial charge in [0.1, 0.15) is 0 Å². The summed E-state index contributed by atoms with van der Waals surface area (Å²) in [5.74, 6) is 0. The van der Waals surface area contributed by atoms with Crippen molar-refractivity contribution < 1.29 is 0 Å². The summed E-state index contributed by atoms with van der Waals surface area (Å²) in [4.78, 5) is 15.9. The highest BCUT2D eigenvalue weighted by atomic mass is 16.1. The van der Waals surface area contributed by atoms with E-state index >= 15 is 0 Å². The lowest BCUT2D eigenvalue weighted by atomic mass is 10.1. The number of nitrogens with one attached hydrogen (secondary N) is 1. The Morgan fingerprint density at radius 1 is 1.06 bits per heavy atom. The van der Waals surface area contributed by atoms with Gasteiger partial charge in [-0.2, -0.15) is 0 Å². The zero-order valence-corrected chi connectivity index (χ0v) is 10.6. The third-order valence-corrected chi connectivity index (χ3v) is 2.93. The topological polar surface area (TPSA) is 36.1 Å². The van der Waals surface area contributed by atoms with Crippen LogP contribution in [0.2, 0.25) is 0 Å². The summed E-state index contributed by atoms with van der Waals surface area (Å²) < 4.78 is 0. The zero-order chi connectivity index (χ0) is 12.8. The average molecular weight is 242 g/mol. The van der Waals surface area contributed by atoms with Crippen molar-refractivity contribution in [2.45, 2.75) is 13.0 Å². The van der Waals surface area contributed by atoms with Gasteiger partial charge in [0.25, 0.3) is 0 Å². The van der Waals surface area contributed by atoms with E-state index in [-0.39, 0.29) is 5.56 Å². The molecule has 0 spiro atoms. The van der Waals surface area contributed by atoms with E-state index in [4.69, 9.17) is 0 Å². The molecule has 3 nitrogen and oxygen atoms in total. The van der Waals surface area contributed by atoms with Crippen LogP contribution in [-0.4, -0.2) is 23.5 Å². The molecule has 0 atom stereocenters. The summed E-state index contributed by atoms with van der Waals surface area (Å²) in [6, 6.07) is 13.9. The van der Waals surface area contributed by atoms with E-state index in [2.05, 4.69) is 41.2 Å². The molecule has 2 aromatic rings. The summed E-state index contributed by atoms with van der Waals surface area (Å²) in [5.41, 5.74) is 2.43. The first-order valence-corrected chi connectivity index (χ1v) is 6.14. The maximum absolute atomic E-state index is 10.9. The van der Waals surface area contributed by atoms with Gasteiger partial charge in [-0.1, -0.05) is 36.4 Å². The van der Waals surface area contributed by atoms with Crippen molar-refractivity contribution in [3.8, 4) is 0 Å². The molecule has 1 N–H and O–H groups in total. The molecule has 1 aromatic heterocycles. The van der Waals surface area contributed by atoms with Crippen LogP contribution in [0, 0.1) is 0 Å². The fourth-order valence-corrected chi connectivity index (χ4v) is 1.90. The molecule has 1 heterocycles.